The summed E-state index contributed by atoms with van der Waals surface area (Å²) >= 11 is 0. The Morgan fingerprint density at radius 3 is 1.08 bits per heavy atom. The maximum Gasteiger partial charge on any atom is 0.105 e. The highest BCUT2D eigenvalue weighted by molar-refractivity contribution is 5.21. The predicted octanol–water partition coefficient (Wildman–Crippen LogP) is 1.35. The molecule has 3 heteroatoms. The molecule has 0 amide bonds. The maximum absolute atomic E-state index is 3.18. The minimum Gasteiger partial charge on any atom is -0.329 e. The number of hydrogen-bond donors (Lipinski definition) is 3. The third kappa shape index (κ3) is 1.81. The van der Waals surface area contributed by atoms with Gasteiger partial charge in [-0.05, 0) is 39.0 Å². The number of allylic oxidation sites excluding steroid dienone is 3. The molecule has 0 spiro atoms. The predicted molar refractivity (Wildman–Crippen MR) is 50.7 cm³/mol. The largest absolute Gasteiger partial charge is 0.329 e. The van der Waals surface area contributed by atoms with Crippen LogP contribution in [0.25, 0.3) is 0 Å². The summed E-state index contributed by atoms with van der Waals surface area (Å²) < 4.78 is 0. The smallest absolute Gasteiger partial charge is 0.105 e. The van der Waals surface area contributed by atoms with E-state index in [0.717, 1.165) is 17.5 Å². The second kappa shape index (κ2) is 3.85. The molecule has 0 aromatic carbocycles. The summed E-state index contributed by atoms with van der Waals surface area (Å²) in [5, 5.41) is 9.53. The molecule has 3 N–H and O–H groups in total. The van der Waals surface area contributed by atoms with Gasteiger partial charge in [-0.25, -0.2) is 0 Å². The van der Waals surface area contributed by atoms with E-state index < -0.39 is 0 Å². The molecule has 0 saturated carbocycles. The second-order valence-electron chi connectivity index (χ2n) is 2.48. The van der Waals surface area contributed by atoms with Gasteiger partial charge < -0.3 is 16.0 Å². The van der Waals surface area contributed by atoms with E-state index in [-0.39, 0.29) is 0 Å². The highest BCUT2D eigenvalue weighted by atomic mass is 15.3. The topological polar surface area (TPSA) is 36.1 Å². The maximum atomic E-state index is 3.18. The summed E-state index contributed by atoms with van der Waals surface area (Å²) in [5.74, 6) is 3.03. The van der Waals surface area contributed by atoms with Crippen molar-refractivity contribution in [3.8, 4) is 0 Å². The van der Waals surface area contributed by atoms with Gasteiger partial charge in [-0.15, -0.1) is 0 Å². The van der Waals surface area contributed by atoms with E-state index >= 15 is 0 Å². The van der Waals surface area contributed by atoms with Gasteiger partial charge in [0.15, 0.2) is 0 Å². The Labute approximate surface area is 73.2 Å². The van der Waals surface area contributed by atoms with Gasteiger partial charge in [-0.3, -0.25) is 0 Å². The molecule has 1 fully saturated rings. The van der Waals surface area contributed by atoms with Gasteiger partial charge in [0.2, 0.25) is 0 Å². The molecule has 12 heavy (non-hydrogen) atoms. The molecule has 0 aromatic heterocycles. The number of rotatable bonds is 0. The number of hydrogen-bond acceptors (Lipinski definition) is 3. The van der Waals surface area contributed by atoms with Crippen LogP contribution in [0, 0.1) is 0 Å². The van der Waals surface area contributed by atoms with Crippen LogP contribution in [0.3, 0.4) is 0 Å². The third-order valence-electron chi connectivity index (χ3n) is 1.67. The van der Waals surface area contributed by atoms with Crippen LogP contribution < -0.4 is 16.0 Å². The highest BCUT2D eigenvalue weighted by Crippen LogP contribution is 2.01. The summed E-state index contributed by atoms with van der Waals surface area (Å²) in [6.07, 6.45) is 5.98. The van der Waals surface area contributed by atoms with Gasteiger partial charge in [0.25, 0.3) is 0 Å². The lowest BCUT2D eigenvalue weighted by Crippen LogP contribution is -2.42. The van der Waals surface area contributed by atoms with Crippen LogP contribution >= 0.6 is 0 Å². The van der Waals surface area contributed by atoms with E-state index in [4.69, 9.17) is 0 Å². The van der Waals surface area contributed by atoms with Crippen LogP contribution in [0.15, 0.2) is 35.7 Å². The van der Waals surface area contributed by atoms with Crippen molar-refractivity contribution in [2.75, 3.05) is 0 Å². The molecular weight excluding hydrogens is 150 g/mol. The Morgan fingerprint density at radius 2 is 0.917 bits per heavy atom. The average Bonchev–Trinajstić information content (AvgIpc) is 2.16. The van der Waals surface area contributed by atoms with E-state index in [1.165, 1.54) is 0 Å². The van der Waals surface area contributed by atoms with Crippen molar-refractivity contribution in [3.63, 3.8) is 0 Å². The Morgan fingerprint density at radius 1 is 0.667 bits per heavy atom. The molecule has 0 atom stereocenters. The summed E-state index contributed by atoms with van der Waals surface area (Å²) in [7, 11) is 0. The van der Waals surface area contributed by atoms with Gasteiger partial charge >= 0.3 is 0 Å². The number of nitrogens with one attached hydrogen (secondary N) is 3. The Hall–Kier alpha value is -1.38. The zero-order valence-corrected chi connectivity index (χ0v) is 7.73. The first-order chi connectivity index (χ1) is 5.80. The van der Waals surface area contributed by atoms with Crippen molar-refractivity contribution < 1.29 is 0 Å². The van der Waals surface area contributed by atoms with Crippen molar-refractivity contribution in [2.24, 2.45) is 0 Å². The standard InChI is InChI=1S/C9H15N3/c1-4-7-10-8(5-2)12-9(6-3)11-7/h4-6,10-12H,1-3H3. The normalized spacial score (nSPS) is 15.8. The molecule has 3 nitrogen and oxygen atoms in total. The molecule has 1 saturated heterocycles. The molecule has 1 aliphatic rings. The highest BCUT2D eigenvalue weighted by Gasteiger charge is 2.08. The van der Waals surface area contributed by atoms with Gasteiger partial charge in [0.05, 0.1) is 0 Å². The Bertz CT molecular complexity index is 194. The first kappa shape index (κ1) is 8.71. The summed E-state index contributed by atoms with van der Waals surface area (Å²) in [4.78, 5) is 0. The molecule has 0 aromatic rings. The lowest BCUT2D eigenvalue weighted by atomic mass is 10.4. The molecule has 66 valence electrons. The van der Waals surface area contributed by atoms with Crippen LogP contribution in [-0.2, 0) is 0 Å². The van der Waals surface area contributed by atoms with Crippen LogP contribution in [0.5, 0.6) is 0 Å². The first-order valence-electron chi connectivity index (χ1n) is 4.10. The molecule has 0 aliphatic carbocycles. The fourth-order valence-corrected chi connectivity index (χ4v) is 0.962. The Kier molecular flexibility index (Phi) is 2.80. The fraction of sp³-hybridized carbons (Fsp3) is 0.333. The molecule has 1 rings (SSSR count). The van der Waals surface area contributed by atoms with Crippen molar-refractivity contribution in [3.05, 3.63) is 35.7 Å². The molecule has 1 heterocycles. The van der Waals surface area contributed by atoms with Gasteiger partial charge in [0.1, 0.15) is 17.5 Å². The zero-order valence-electron chi connectivity index (χ0n) is 7.73. The summed E-state index contributed by atoms with van der Waals surface area (Å²) in [5.41, 5.74) is 0. The SMILES string of the molecule is CC=C1NC(=CC)NC(=CC)N1. The molecular formula is C9H15N3. The van der Waals surface area contributed by atoms with Crippen molar-refractivity contribution in [1.82, 2.24) is 16.0 Å². The molecule has 0 radical (unpaired) electrons. The minimum atomic E-state index is 1.01. The van der Waals surface area contributed by atoms with Crippen molar-refractivity contribution in [2.45, 2.75) is 20.8 Å². The molecule has 1 aliphatic heterocycles. The fourth-order valence-electron chi connectivity index (χ4n) is 0.962. The van der Waals surface area contributed by atoms with E-state index in [0.29, 0.717) is 0 Å². The van der Waals surface area contributed by atoms with Gasteiger partial charge in [-0.2, -0.15) is 0 Å². The van der Waals surface area contributed by atoms with Crippen molar-refractivity contribution in [1.29, 1.82) is 0 Å². The zero-order chi connectivity index (χ0) is 8.97. The lowest BCUT2D eigenvalue weighted by Gasteiger charge is -2.25. The van der Waals surface area contributed by atoms with Gasteiger partial charge in [0, 0.05) is 0 Å². The van der Waals surface area contributed by atoms with E-state index in [2.05, 4.69) is 16.0 Å². The monoisotopic (exact) mass is 165 g/mol. The van der Waals surface area contributed by atoms with Crippen LogP contribution in [0.1, 0.15) is 20.8 Å². The molecule has 0 unspecified atom stereocenters. The van der Waals surface area contributed by atoms with Crippen LogP contribution in [-0.4, -0.2) is 0 Å². The van der Waals surface area contributed by atoms with Crippen molar-refractivity contribution >= 4 is 0 Å². The molecule has 0 bridgehead atoms. The summed E-state index contributed by atoms with van der Waals surface area (Å²) in [6.45, 7) is 5.96. The first-order valence-corrected chi connectivity index (χ1v) is 4.10. The third-order valence-corrected chi connectivity index (χ3v) is 1.67. The quantitative estimate of drug-likeness (QED) is 0.507. The van der Waals surface area contributed by atoms with E-state index in [1.807, 2.05) is 39.0 Å². The lowest BCUT2D eigenvalue weighted by molar-refractivity contribution is 0.659. The second-order valence-corrected chi connectivity index (χ2v) is 2.48. The average molecular weight is 165 g/mol. The van der Waals surface area contributed by atoms with E-state index in [9.17, 15) is 0 Å². The Balaban J connectivity index is 2.79. The summed E-state index contributed by atoms with van der Waals surface area (Å²) in [6, 6.07) is 0. The van der Waals surface area contributed by atoms with Crippen LogP contribution in [0.4, 0.5) is 0 Å². The van der Waals surface area contributed by atoms with Gasteiger partial charge in [-0.1, -0.05) is 0 Å². The van der Waals surface area contributed by atoms with Crippen LogP contribution in [0.2, 0.25) is 0 Å². The van der Waals surface area contributed by atoms with E-state index in [1.54, 1.807) is 0 Å². The minimum absolute atomic E-state index is 1.01.